The van der Waals surface area contributed by atoms with Crippen LogP contribution in [0.3, 0.4) is 0 Å². The lowest BCUT2D eigenvalue weighted by molar-refractivity contribution is 0.275. The first kappa shape index (κ1) is 16.4. The molecule has 0 saturated carbocycles. The van der Waals surface area contributed by atoms with Gasteiger partial charge in [0.25, 0.3) is 0 Å². The fourth-order valence-corrected chi connectivity index (χ4v) is 1.48. The molecule has 0 unspecified atom stereocenters. The highest BCUT2D eigenvalue weighted by atomic mass is 31.2. The van der Waals surface area contributed by atoms with Crippen molar-refractivity contribution in [3.8, 4) is 0 Å². The summed E-state index contributed by atoms with van der Waals surface area (Å²) in [4.78, 5) is 26.1. The molecule has 7 heteroatoms. The molecule has 0 aromatic heterocycles. The van der Waals surface area contributed by atoms with Crippen LogP contribution < -0.4 is 0 Å². The quantitative estimate of drug-likeness (QED) is 0.514. The van der Waals surface area contributed by atoms with Crippen LogP contribution in [0, 0.1) is 0 Å². The van der Waals surface area contributed by atoms with Gasteiger partial charge in [0.1, 0.15) is 0 Å². The van der Waals surface area contributed by atoms with Crippen LogP contribution in [0.2, 0.25) is 0 Å². The third kappa shape index (κ3) is 13.4. The highest BCUT2D eigenvalue weighted by molar-refractivity contribution is 7.45. The topological polar surface area (TPSA) is 84.2 Å². The summed E-state index contributed by atoms with van der Waals surface area (Å²) in [6.07, 6.45) is 9.76. The van der Waals surface area contributed by atoms with Crippen LogP contribution in [0.25, 0.3) is 0 Å². The van der Waals surface area contributed by atoms with E-state index in [4.69, 9.17) is 19.2 Å². The molecule has 1 aliphatic rings. The molecule has 0 atom stereocenters. The molecule has 0 aromatic carbocycles. The first-order chi connectivity index (χ1) is 7.83. The number of rotatable bonds is 5. The average Bonchev–Trinajstić information content (AvgIpc) is 2.56. The van der Waals surface area contributed by atoms with Crippen LogP contribution in [0.15, 0.2) is 12.4 Å². The molecule has 6 nitrogen and oxygen atoms in total. The van der Waals surface area contributed by atoms with Crippen LogP contribution >= 0.6 is 7.82 Å². The molecule has 0 aliphatic carbocycles. The van der Waals surface area contributed by atoms with Gasteiger partial charge in [0, 0.05) is 26.0 Å². The summed E-state index contributed by atoms with van der Waals surface area (Å²) in [5, 5.41) is 0. The van der Waals surface area contributed by atoms with Crippen molar-refractivity contribution in [1.82, 2.24) is 9.80 Å². The Balaban J connectivity index is 0.000000437. The Labute approximate surface area is 103 Å². The first-order valence-electron chi connectivity index (χ1n) is 5.74. The van der Waals surface area contributed by atoms with Gasteiger partial charge >= 0.3 is 7.82 Å². The standard InChI is InChI=1S/C10H20N2.H3O4P/c1-3-4-5-6-7-12-9-8-11(2)10-12;1-5(2,3)4/h8-9H,3-7,10H2,1-2H3;(H3,1,2,3,4). The van der Waals surface area contributed by atoms with Crippen molar-refractivity contribution in [2.75, 3.05) is 20.3 Å². The van der Waals surface area contributed by atoms with E-state index in [1.165, 1.54) is 32.2 Å². The lowest BCUT2D eigenvalue weighted by Crippen LogP contribution is -2.23. The summed E-state index contributed by atoms with van der Waals surface area (Å²) in [6, 6.07) is 0. The van der Waals surface area contributed by atoms with Gasteiger partial charge < -0.3 is 24.5 Å². The van der Waals surface area contributed by atoms with Gasteiger partial charge in [-0.3, -0.25) is 0 Å². The predicted octanol–water partition coefficient (Wildman–Crippen LogP) is 1.31. The lowest BCUT2D eigenvalue weighted by Gasteiger charge is -2.17. The van der Waals surface area contributed by atoms with Gasteiger partial charge in [-0.25, -0.2) is 4.57 Å². The monoisotopic (exact) mass is 266 g/mol. The Bertz CT molecular complexity index is 259. The largest absolute Gasteiger partial charge is 0.466 e. The third-order valence-corrected chi connectivity index (χ3v) is 2.24. The minimum atomic E-state index is -4.64. The van der Waals surface area contributed by atoms with Crippen molar-refractivity contribution < 1.29 is 19.2 Å². The molecule has 3 N–H and O–H groups in total. The van der Waals surface area contributed by atoms with Crippen LogP contribution in [0.1, 0.15) is 32.6 Å². The molecule has 1 heterocycles. The van der Waals surface area contributed by atoms with Gasteiger partial charge in [-0.2, -0.15) is 0 Å². The average molecular weight is 266 g/mol. The molecule has 0 radical (unpaired) electrons. The summed E-state index contributed by atoms with van der Waals surface area (Å²) in [5.74, 6) is 0. The van der Waals surface area contributed by atoms with Crippen molar-refractivity contribution >= 4 is 7.82 Å². The highest BCUT2D eigenvalue weighted by Gasteiger charge is 2.06. The van der Waals surface area contributed by atoms with E-state index < -0.39 is 7.82 Å². The normalized spacial score (nSPS) is 14.9. The number of hydrogen-bond donors (Lipinski definition) is 3. The van der Waals surface area contributed by atoms with E-state index in [9.17, 15) is 0 Å². The first-order valence-corrected chi connectivity index (χ1v) is 7.30. The van der Waals surface area contributed by atoms with E-state index in [1.54, 1.807) is 0 Å². The molecule has 1 aliphatic heterocycles. The van der Waals surface area contributed by atoms with Crippen LogP contribution in [-0.2, 0) is 4.57 Å². The van der Waals surface area contributed by atoms with E-state index in [-0.39, 0.29) is 0 Å². The fraction of sp³-hybridized carbons (Fsp3) is 0.800. The SMILES string of the molecule is CCCCCCN1C=CN(C)C1.O=P(O)(O)O. The maximum atomic E-state index is 8.88. The van der Waals surface area contributed by atoms with Crippen molar-refractivity contribution in [2.45, 2.75) is 32.6 Å². The predicted molar refractivity (Wildman–Crippen MR) is 66.9 cm³/mol. The van der Waals surface area contributed by atoms with Crippen LogP contribution in [0.5, 0.6) is 0 Å². The van der Waals surface area contributed by atoms with Gasteiger partial charge in [-0.1, -0.05) is 26.2 Å². The molecule has 0 amide bonds. The summed E-state index contributed by atoms with van der Waals surface area (Å²) >= 11 is 0. The molecule has 102 valence electrons. The second kappa shape index (κ2) is 8.53. The van der Waals surface area contributed by atoms with Crippen molar-refractivity contribution in [2.24, 2.45) is 0 Å². The smallest absolute Gasteiger partial charge is 0.362 e. The highest BCUT2D eigenvalue weighted by Crippen LogP contribution is 2.25. The number of phosphoric acid groups is 1. The van der Waals surface area contributed by atoms with E-state index in [2.05, 4.69) is 36.2 Å². The zero-order chi connectivity index (χ0) is 13.3. The third-order valence-electron chi connectivity index (χ3n) is 2.24. The van der Waals surface area contributed by atoms with Gasteiger partial charge in [0.2, 0.25) is 0 Å². The summed E-state index contributed by atoms with van der Waals surface area (Å²) in [7, 11) is -2.53. The number of unbranched alkanes of at least 4 members (excludes halogenated alkanes) is 3. The Morgan fingerprint density at radius 2 is 1.76 bits per heavy atom. The minimum absolute atomic E-state index is 1.08. The second-order valence-corrected chi connectivity index (χ2v) is 5.11. The maximum absolute atomic E-state index is 8.88. The minimum Gasteiger partial charge on any atom is -0.362 e. The Morgan fingerprint density at radius 1 is 1.18 bits per heavy atom. The summed E-state index contributed by atoms with van der Waals surface area (Å²) in [6.45, 7) is 4.55. The van der Waals surface area contributed by atoms with E-state index in [0.717, 1.165) is 6.67 Å². The van der Waals surface area contributed by atoms with Crippen molar-refractivity contribution in [3.63, 3.8) is 0 Å². The zero-order valence-corrected chi connectivity index (χ0v) is 11.4. The molecular formula is C10H23N2O4P. The second-order valence-electron chi connectivity index (χ2n) is 4.08. The van der Waals surface area contributed by atoms with Crippen LogP contribution in [-0.4, -0.2) is 44.7 Å². The molecular weight excluding hydrogens is 243 g/mol. The zero-order valence-electron chi connectivity index (χ0n) is 10.5. The van der Waals surface area contributed by atoms with E-state index in [0.29, 0.717) is 0 Å². The molecule has 0 fully saturated rings. The van der Waals surface area contributed by atoms with Crippen molar-refractivity contribution in [1.29, 1.82) is 0 Å². The molecule has 0 bridgehead atoms. The lowest BCUT2D eigenvalue weighted by atomic mass is 10.2. The number of nitrogens with zero attached hydrogens (tertiary/aromatic N) is 2. The van der Waals surface area contributed by atoms with Gasteiger partial charge in [-0.05, 0) is 6.42 Å². The van der Waals surface area contributed by atoms with E-state index >= 15 is 0 Å². The molecule has 0 saturated heterocycles. The maximum Gasteiger partial charge on any atom is 0.466 e. The number of hydrogen-bond acceptors (Lipinski definition) is 3. The van der Waals surface area contributed by atoms with E-state index in [1.807, 2.05) is 0 Å². The fourth-order valence-electron chi connectivity index (χ4n) is 1.48. The Hall–Kier alpha value is -0.550. The molecule has 0 aromatic rings. The Morgan fingerprint density at radius 3 is 2.18 bits per heavy atom. The summed E-state index contributed by atoms with van der Waals surface area (Å²) < 4.78 is 8.88. The Kier molecular flexibility index (Phi) is 8.25. The molecule has 1 rings (SSSR count). The van der Waals surface area contributed by atoms with Crippen molar-refractivity contribution in [3.05, 3.63) is 12.4 Å². The van der Waals surface area contributed by atoms with Crippen LogP contribution in [0.4, 0.5) is 0 Å². The molecule has 0 spiro atoms. The van der Waals surface area contributed by atoms with Gasteiger partial charge in [0.05, 0.1) is 6.67 Å². The summed E-state index contributed by atoms with van der Waals surface area (Å²) in [5.41, 5.74) is 0. The van der Waals surface area contributed by atoms with Gasteiger partial charge in [-0.15, -0.1) is 0 Å². The molecule has 17 heavy (non-hydrogen) atoms. The van der Waals surface area contributed by atoms with Gasteiger partial charge in [0.15, 0.2) is 0 Å².